The van der Waals surface area contributed by atoms with Gasteiger partial charge in [-0.05, 0) is 31.9 Å². The molecule has 4 heteroatoms. The van der Waals surface area contributed by atoms with Gasteiger partial charge in [0.1, 0.15) is 5.75 Å². The molecule has 0 aromatic heterocycles. The van der Waals surface area contributed by atoms with Crippen molar-refractivity contribution in [2.75, 3.05) is 13.7 Å². The number of nitrogens with one attached hydrogen (secondary N) is 1. The third-order valence-electron chi connectivity index (χ3n) is 2.79. The van der Waals surface area contributed by atoms with E-state index in [0.717, 1.165) is 18.4 Å². The molecule has 100 valence electrons. The first kappa shape index (κ1) is 15.0. The van der Waals surface area contributed by atoms with Crippen LogP contribution in [0, 0.1) is 6.92 Å². The Morgan fingerprint density at radius 1 is 1.50 bits per heavy atom. The molecule has 1 aromatic carbocycles. The second-order valence-corrected chi connectivity index (χ2v) is 5.55. The molecule has 0 aliphatic carbocycles. The van der Waals surface area contributed by atoms with Crippen molar-refractivity contribution in [3.63, 3.8) is 0 Å². The molecule has 1 N–H and O–H groups in total. The fourth-order valence-corrected chi connectivity index (χ4v) is 1.87. The maximum absolute atomic E-state index is 12.0. The fraction of sp³-hybridized carbons (Fsp3) is 0.500. The van der Waals surface area contributed by atoms with E-state index in [1.165, 1.54) is 0 Å². The number of methoxy groups -OCH3 is 1. The van der Waals surface area contributed by atoms with E-state index >= 15 is 0 Å². The molecular weight excluding hydrogens is 294 g/mol. The van der Waals surface area contributed by atoms with Gasteiger partial charge >= 0.3 is 0 Å². The van der Waals surface area contributed by atoms with Crippen molar-refractivity contribution in [1.82, 2.24) is 5.32 Å². The summed E-state index contributed by atoms with van der Waals surface area (Å²) in [6.45, 7) is 4.74. The molecule has 0 saturated heterocycles. The van der Waals surface area contributed by atoms with E-state index in [1.807, 2.05) is 25.1 Å². The highest BCUT2D eigenvalue weighted by Gasteiger charge is 2.12. The van der Waals surface area contributed by atoms with E-state index < -0.39 is 0 Å². The van der Waals surface area contributed by atoms with Crippen molar-refractivity contribution >= 4 is 21.8 Å². The number of aryl methyl sites for hydroxylation is 1. The predicted molar refractivity (Wildman–Crippen MR) is 77.7 cm³/mol. The van der Waals surface area contributed by atoms with Gasteiger partial charge in [-0.25, -0.2) is 0 Å². The number of amides is 1. The second-order valence-electron chi connectivity index (χ2n) is 4.25. The third-order valence-corrected chi connectivity index (χ3v) is 3.89. The highest BCUT2D eigenvalue weighted by atomic mass is 79.9. The number of hydrogen-bond acceptors (Lipinski definition) is 2. The van der Waals surface area contributed by atoms with Crippen LogP contribution in [0.25, 0.3) is 0 Å². The minimum Gasteiger partial charge on any atom is -0.496 e. The Morgan fingerprint density at radius 2 is 2.22 bits per heavy atom. The van der Waals surface area contributed by atoms with Crippen LogP contribution >= 0.6 is 15.9 Å². The standard InChI is InChI=1S/C14H20BrNO2/c1-4-11(15)7-8-16-14(17)12-9-10(2)5-6-13(12)18-3/h5-6,9,11H,4,7-8H2,1-3H3,(H,16,17). The summed E-state index contributed by atoms with van der Waals surface area (Å²) in [7, 11) is 1.58. The van der Waals surface area contributed by atoms with Gasteiger partial charge in [-0.2, -0.15) is 0 Å². The summed E-state index contributed by atoms with van der Waals surface area (Å²) in [5.74, 6) is 0.537. The zero-order chi connectivity index (χ0) is 13.5. The number of benzene rings is 1. The van der Waals surface area contributed by atoms with Crippen LogP contribution in [0.3, 0.4) is 0 Å². The lowest BCUT2D eigenvalue weighted by molar-refractivity contribution is 0.0950. The van der Waals surface area contributed by atoms with E-state index in [1.54, 1.807) is 7.11 Å². The maximum atomic E-state index is 12.0. The van der Waals surface area contributed by atoms with Crippen molar-refractivity contribution in [2.45, 2.75) is 31.5 Å². The molecule has 18 heavy (non-hydrogen) atoms. The lowest BCUT2D eigenvalue weighted by Crippen LogP contribution is -2.26. The average Bonchev–Trinajstić information content (AvgIpc) is 2.38. The van der Waals surface area contributed by atoms with Crippen LogP contribution in [0.2, 0.25) is 0 Å². The molecule has 3 nitrogen and oxygen atoms in total. The molecule has 1 atom stereocenters. The highest BCUT2D eigenvalue weighted by molar-refractivity contribution is 9.09. The number of ether oxygens (including phenoxy) is 1. The van der Waals surface area contributed by atoms with E-state index in [4.69, 9.17) is 4.74 Å². The first-order chi connectivity index (χ1) is 8.58. The van der Waals surface area contributed by atoms with E-state index in [9.17, 15) is 4.79 Å². The summed E-state index contributed by atoms with van der Waals surface area (Å²) < 4.78 is 5.20. The average molecular weight is 314 g/mol. The summed E-state index contributed by atoms with van der Waals surface area (Å²) in [6.07, 6.45) is 1.99. The van der Waals surface area contributed by atoms with Crippen LogP contribution in [0.4, 0.5) is 0 Å². The summed E-state index contributed by atoms with van der Waals surface area (Å²) in [4.78, 5) is 12.5. The maximum Gasteiger partial charge on any atom is 0.255 e. The number of halogens is 1. The van der Waals surface area contributed by atoms with Gasteiger partial charge < -0.3 is 10.1 Å². The van der Waals surface area contributed by atoms with Gasteiger partial charge in [0.25, 0.3) is 5.91 Å². The van der Waals surface area contributed by atoms with Crippen molar-refractivity contribution in [3.8, 4) is 5.75 Å². The molecule has 0 bridgehead atoms. The van der Waals surface area contributed by atoms with Gasteiger partial charge in [-0.3, -0.25) is 4.79 Å². The lowest BCUT2D eigenvalue weighted by Gasteiger charge is -2.11. The van der Waals surface area contributed by atoms with Crippen LogP contribution in [0.5, 0.6) is 5.75 Å². The van der Waals surface area contributed by atoms with Gasteiger partial charge in [0.05, 0.1) is 12.7 Å². The van der Waals surface area contributed by atoms with Crippen LogP contribution in [0.15, 0.2) is 18.2 Å². The normalized spacial score (nSPS) is 12.0. The molecule has 1 unspecified atom stereocenters. The topological polar surface area (TPSA) is 38.3 Å². The third kappa shape index (κ3) is 4.33. The Morgan fingerprint density at radius 3 is 2.83 bits per heavy atom. The highest BCUT2D eigenvalue weighted by Crippen LogP contribution is 2.19. The SMILES string of the molecule is CCC(Br)CCNC(=O)c1cc(C)ccc1OC. The van der Waals surface area contributed by atoms with Crippen molar-refractivity contribution in [2.24, 2.45) is 0 Å². The molecule has 0 spiro atoms. The first-order valence-corrected chi connectivity index (χ1v) is 7.07. The Labute approximate surface area is 117 Å². The van der Waals surface area contributed by atoms with E-state index in [0.29, 0.717) is 22.7 Å². The Kier molecular flexibility index (Phi) is 6.19. The monoisotopic (exact) mass is 313 g/mol. The molecule has 0 radical (unpaired) electrons. The van der Waals surface area contributed by atoms with Gasteiger partial charge in [-0.15, -0.1) is 0 Å². The van der Waals surface area contributed by atoms with Gasteiger partial charge in [0, 0.05) is 11.4 Å². The van der Waals surface area contributed by atoms with Crippen LogP contribution in [-0.4, -0.2) is 24.4 Å². The summed E-state index contributed by atoms with van der Waals surface area (Å²) in [6, 6.07) is 5.60. The summed E-state index contributed by atoms with van der Waals surface area (Å²) >= 11 is 3.55. The minimum atomic E-state index is -0.0775. The molecule has 0 heterocycles. The zero-order valence-corrected chi connectivity index (χ0v) is 12.7. The molecule has 1 aromatic rings. The number of hydrogen-bond donors (Lipinski definition) is 1. The largest absolute Gasteiger partial charge is 0.496 e. The van der Waals surface area contributed by atoms with Gasteiger partial charge in [0.15, 0.2) is 0 Å². The predicted octanol–water partition coefficient (Wildman–Crippen LogP) is 3.30. The van der Waals surface area contributed by atoms with E-state index in [-0.39, 0.29) is 5.91 Å². The lowest BCUT2D eigenvalue weighted by atomic mass is 10.1. The Bertz CT molecular complexity index is 407. The molecule has 1 amide bonds. The first-order valence-electron chi connectivity index (χ1n) is 6.15. The second kappa shape index (κ2) is 7.41. The summed E-state index contributed by atoms with van der Waals surface area (Å²) in [5, 5.41) is 2.92. The van der Waals surface area contributed by atoms with Gasteiger partial charge in [-0.1, -0.05) is 34.5 Å². The van der Waals surface area contributed by atoms with Crippen LogP contribution < -0.4 is 10.1 Å². The van der Waals surface area contributed by atoms with Gasteiger partial charge in [0.2, 0.25) is 0 Å². The van der Waals surface area contributed by atoms with Crippen molar-refractivity contribution < 1.29 is 9.53 Å². The molecule has 0 aliphatic rings. The number of carbonyl (C=O) groups excluding carboxylic acids is 1. The zero-order valence-electron chi connectivity index (χ0n) is 11.1. The molecule has 0 aliphatic heterocycles. The molecular formula is C14H20BrNO2. The van der Waals surface area contributed by atoms with Crippen molar-refractivity contribution in [1.29, 1.82) is 0 Å². The van der Waals surface area contributed by atoms with Crippen LogP contribution in [-0.2, 0) is 0 Å². The minimum absolute atomic E-state index is 0.0775. The number of rotatable bonds is 6. The van der Waals surface area contributed by atoms with Crippen molar-refractivity contribution in [3.05, 3.63) is 29.3 Å². The molecule has 0 saturated carbocycles. The Balaban J connectivity index is 2.63. The van der Waals surface area contributed by atoms with E-state index in [2.05, 4.69) is 28.2 Å². The smallest absolute Gasteiger partial charge is 0.255 e. The molecule has 1 rings (SSSR count). The fourth-order valence-electron chi connectivity index (χ4n) is 1.64. The number of carbonyl (C=O) groups is 1. The summed E-state index contributed by atoms with van der Waals surface area (Å²) in [5.41, 5.74) is 1.65. The quantitative estimate of drug-likeness (QED) is 0.818. The number of alkyl halides is 1. The Hall–Kier alpha value is -1.03. The molecule has 0 fully saturated rings. The van der Waals surface area contributed by atoms with Crippen LogP contribution in [0.1, 0.15) is 35.7 Å².